The van der Waals surface area contributed by atoms with E-state index < -0.39 is 23.2 Å². The normalized spacial score (nSPS) is 11.6. The summed E-state index contributed by atoms with van der Waals surface area (Å²) in [6.07, 6.45) is -3.59. The molecule has 20 heavy (non-hydrogen) atoms. The van der Waals surface area contributed by atoms with E-state index in [0.29, 0.717) is 0 Å². The summed E-state index contributed by atoms with van der Waals surface area (Å²) in [6.45, 7) is 0. The van der Waals surface area contributed by atoms with Crippen LogP contribution in [0, 0.1) is 10.1 Å². The van der Waals surface area contributed by atoms with Crippen LogP contribution < -0.4 is 0 Å². The number of alkyl halides is 3. The second-order valence-electron chi connectivity index (χ2n) is 3.77. The van der Waals surface area contributed by atoms with Gasteiger partial charge in [-0.15, -0.1) is 0 Å². The van der Waals surface area contributed by atoms with Gasteiger partial charge in [-0.25, -0.2) is 4.98 Å². The lowest BCUT2D eigenvalue weighted by atomic mass is 10.3. The van der Waals surface area contributed by atoms with Gasteiger partial charge < -0.3 is 0 Å². The van der Waals surface area contributed by atoms with Gasteiger partial charge in [-0.2, -0.15) is 18.2 Å². The standard InChI is InChI=1S/C10H6ClF3N4O2/c11-9-15-5-7(18(19)20)8(16-9)17-3-1-2-6(17)4-10(12,13)14/h1-3,5H,4H2. The molecule has 0 amide bonds. The lowest BCUT2D eigenvalue weighted by molar-refractivity contribution is -0.385. The minimum absolute atomic E-state index is 0.185. The predicted molar refractivity (Wildman–Crippen MR) is 62.8 cm³/mol. The van der Waals surface area contributed by atoms with Crippen molar-refractivity contribution in [2.24, 2.45) is 0 Å². The van der Waals surface area contributed by atoms with Gasteiger partial charge in [-0.05, 0) is 23.7 Å². The van der Waals surface area contributed by atoms with Crippen molar-refractivity contribution in [1.82, 2.24) is 14.5 Å². The van der Waals surface area contributed by atoms with Gasteiger partial charge in [0.05, 0.1) is 11.3 Å². The average molecular weight is 307 g/mol. The molecule has 6 nitrogen and oxygen atoms in total. The average Bonchev–Trinajstić information content (AvgIpc) is 2.73. The molecular weight excluding hydrogens is 301 g/mol. The third kappa shape index (κ3) is 3.05. The number of rotatable bonds is 3. The van der Waals surface area contributed by atoms with Crippen LogP contribution in [0.15, 0.2) is 24.5 Å². The van der Waals surface area contributed by atoms with E-state index in [1.165, 1.54) is 18.3 Å². The Balaban J connectivity index is 2.55. The van der Waals surface area contributed by atoms with Crippen LogP contribution in [0.3, 0.4) is 0 Å². The molecule has 0 aliphatic rings. The largest absolute Gasteiger partial charge is 0.394 e. The van der Waals surface area contributed by atoms with E-state index in [9.17, 15) is 23.3 Å². The van der Waals surface area contributed by atoms with Crippen molar-refractivity contribution in [2.75, 3.05) is 0 Å². The fourth-order valence-corrected chi connectivity index (χ4v) is 1.75. The molecule has 0 unspecified atom stereocenters. The highest BCUT2D eigenvalue weighted by Crippen LogP contribution is 2.27. The summed E-state index contributed by atoms with van der Waals surface area (Å²) in [4.78, 5) is 17.2. The van der Waals surface area contributed by atoms with Crippen molar-refractivity contribution in [3.8, 4) is 5.82 Å². The van der Waals surface area contributed by atoms with Gasteiger partial charge in [-0.3, -0.25) is 14.7 Å². The van der Waals surface area contributed by atoms with Crippen molar-refractivity contribution in [3.63, 3.8) is 0 Å². The van der Waals surface area contributed by atoms with Gasteiger partial charge >= 0.3 is 11.9 Å². The van der Waals surface area contributed by atoms with Gasteiger partial charge in [0, 0.05) is 11.9 Å². The topological polar surface area (TPSA) is 73.8 Å². The van der Waals surface area contributed by atoms with Crippen LogP contribution in [0.4, 0.5) is 18.9 Å². The molecule has 0 radical (unpaired) electrons. The Morgan fingerprint density at radius 3 is 2.75 bits per heavy atom. The van der Waals surface area contributed by atoms with Crippen LogP contribution in [0.5, 0.6) is 0 Å². The zero-order valence-corrected chi connectivity index (χ0v) is 10.4. The molecular formula is C10H6ClF3N4O2. The summed E-state index contributed by atoms with van der Waals surface area (Å²) < 4.78 is 38.3. The van der Waals surface area contributed by atoms with E-state index >= 15 is 0 Å². The maximum Gasteiger partial charge on any atom is 0.394 e. The zero-order chi connectivity index (χ0) is 14.9. The maximum absolute atomic E-state index is 12.4. The van der Waals surface area contributed by atoms with Gasteiger partial charge in [0.15, 0.2) is 0 Å². The van der Waals surface area contributed by atoms with Crippen LogP contribution in [0.1, 0.15) is 5.69 Å². The maximum atomic E-state index is 12.4. The Hall–Kier alpha value is -2.16. The second-order valence-corrected chi connectivity index (χ2v) is 4.10. The van der Waals surface area contributed by atoms with Gasteiger partial charge in [0.2, 0.25) is 11.1 Å². The Kier molecular flexibility index (Phi) is 3.62. The highest BCUT2D eigenvalue weighted by molar-refractivity contribution is 6.28. The molecule has 2 aromatic rings. The fraction of sp³-hybridized carbons (Fsp3) is 0.200. The van der Waals surface area contributed by atoms with E-state index in [4.69, 9.17) is 11.6 Å². The summed E-state index contributed by atoms with van der Waals surface area (Å²) in [5.41, 5.74) is -0.718. The first-order valence-corrected chi connectivity index (χ1v) is 5.56. The van der Waals surface area contributed by atoms with Gasteiger partial charge in [-0.1, -0.05) is 0 Å². The van der Waals surface area contributed by atoms with Gasteiger partial charge in [0.1, 0.15) is 6.20 Å². The third-order valence-electron chi connectivity index (χ3n) is 2.36. The Bertz CT molecular complexity index is 656. The first-order chi connectivity index (χ1) is 9.28. The van der Waals surface area contributed by atoms with Crippen LogP contribution in [0.25, 0.3) is 5.82 Å². The predicted octanol–water partition coefficient (Wildman–Crippen LogP) is 2.93. The molecule has 106 valence electrons. The molecule has 2 aromatic heterocycles. The highest BCUT2D eigenvalue weighted by atomic mass is 35.5. The molecule has 0 saturated heterocycles. The Morgan fingerprint density at radius 2 is 2.15 bits per heavy atom. The molecule has 0 bridgehead atoms. The Morgan fingerprint density at radius 1 is 1.45 bits per heavy atom. The summed E-state index contributed by atoms with van der Waals surface area (Å²) in [5, 5.41) is 10.6. The molecule has 0 spiro atoms. The minimum Gasteiger partial charge on any atom is -0.299 e. The van der Waals surface area contributed by atoms with Crippen LogP contribution in [0.2, 0.25) is 5.28 Å². The third-order valence-corrected chi connectivity index (χ3v) is 2.54. The van der Waals surface area contributed by atoms with Crippen LogP contribution >= 0.6 is 11.6 Å². The number of hydrogen-bond donors (Lipinski definition) is 0. The van der Waals surface area contributed by atoms with Gasteiger partial charge in [0.25, 0.3) is 0 Å². The quantitative estimate of drug-likeness (QED) is 0.496. The summed E-state index contributed by atoms with van der Waals surface area (Å²) in [6, 6.07) is 2.54. The van der Waals surface area contributed by atoms with E-state index in [-0.39, 0.29) is 16.8 Å². The number of hydrogen-bond acceptors (Lipinski definition) is 4. The fourth-order valence-electron chi connectivity index (χ4n) is 1.62. The number of nitrogens with zero attached hydrogens (tertiary/aromatic N) is 4. The summed E-state index contributed by atoms with van der Waals surface area (Å²) in [5.74, 6) is -0.306. The molecule has 2 heterocycles. The lowest BCUT2D eigenvalue weighted by Gasteiger charge is -2.10. The molecule has 0 aliphatic carbocycles. The van der Waals surface area contributed by atoms with Crippen molar-refractivity contribution in [1.29, 1.82) is 0 Å². The first-order valence-electron chi connectivity index (χ1n) is 5.18. The molecule has 0 aliphatic heterocycles. The molecule has 10 heteroatoms. The Labute approximate surface area is 115 Å². The molecule has 2 rings (SSSR count). The lowest BCUT2D eigenvalue weighted by Crippen LogP contribution is -2.15. The summed E-state index contributed by atoms with van der Waals surface area (Å²) in [7, 11) is 0. The highest BCUT2D eigenvalue weighted by Gasteiger charge is 2.30. The zero-order valence-electron chi connectivity index (χ0n) is 9.63. The molecule has 0 atom stereocenters. The molecule has 0 fully saturated rings. The number of nitro groups is 1. The van der Waals surface area contributed by atoms with E-state index in [1.54, 1.807) is 0 Å². The van der Waals surface area contributed by atoms with Crippen molar-refractivity contribution >= 4 is 17.3 Å². The SMILES string of the molecule is O=[N+]([O-])c1cnc(Cl)nc1-n1cccc1CC(F)(F)F. The molecule has 0 N–H and O–H groups in total. The van der Waals surface area contributed by atoms with Crippen molar-refractivity contribution < 1.29 is 18.1 Å². The summed E-state index contributed by atoms with van der Waals surface area (Å²) >= 11 is 5.54. The minimum atomic E-state index is -4.44. The first kappa shape index (κ1) is 14.3. The van der Waals surface area contributed by atoms with E-state index in [1.807, 2.05) is 0 Å². The van der Waals surface area contributed by atoms with Crippen LogP contribution in [-0.4, -0.2) is 25.6 Å². The second kappa shape index (κ2) is 5.08. The van der Waals surface area contributed by atoms with Crippen molar-refractivity contribution in [3.05, 3.63) is 45.6 Å². The van der Waals surface area contributed by atoms with E-state index in [0.717, 1.165) is 10.8 Å². The van der Waals surface area contributed by atoms with Crippen LogP contribution in [-0.2, 0) is 6.42 Å². The molecule has 0 saturated carbocycles. The smallest absolute Gasteiger partial charge is 0.299 e. The molecule has 0 aromatic carbocycles. The number of aromatic nitrogens is 3. The number of halogens is 4. The van der Waals surface area contributed by atoms with Crippen molar-refractivity contribution in [2.45, 2.75) is 12.6 Å². The monoisotopic (exact) mass is 306 g/mol. The van der Waals surface area contributed by atoms with E-state index in [2.05, 4.69) is 9.97 Å².